The first-order chi connectivity index (χ1) is 21.0. The van der Waals surface area contributed by atoms with Crippen LogP contribution in [0.5, 0.6) is 0 Å². The van der Waals surface area contributed by atoms with Crippen LogP contribution in [0.2, 0.25) is 0 Å². The number of piperidine rings is 1. The van der Waals surface area contributed by atoms with Crippen molar-refractivity contribution < 1.29 is 14.3 Å². The van der Waals surface area contributed by atoms with Gasteiger partial charge in [0, 0.05) is 69.8 Å². The van der Waals surface area contributed by atoms with Gasteiger partial charge < -0.3 is 35.8 Å². The van der Waals surface area contributed by atoms with Gasteiger partial charge in [0.1, 0.15) is 5.60 Å². The molecule has 44 heavy (non-hydrogen) atoms. The van der Waals surface area contributed by atoms with Gasteiger partial charge >= 0.3 is 6.09 Å². The van der Waals surface area contributed by atoms with E-state index < -0.39 is 17.6 Å². The van der Waals surface area contributed by atoms with Crippen LogP contribution in [-0.2, 0) is 11.2 Å². The molecule has 0 unspecified atom stereocenters. The number of amides is 2. The molecule has 0 radical (unpaired) electrons. The number of nitrogens with zero attached hydrogens (tertiary/aromatic N) is 6. The van der Waals surface area contributed by atoms with E-state index in [2.05, 4.69) is 54.4 Å². The second kappa shape index (κ2) is 13.6. The fourth-order valence-corrected chi connectivity index (χ4v) is 6.32. The van der Waals surface area contributed by atoms with Crippen LogP contribution in [-0.4, -0.2) is 109 Å². The first-order valence-corrected chi connectivity index (χ1v) is 16.0. The molecule has 4 heterocycles. The van der Waals surface area contributed by atoms with Gasteiger partial charge in [0.2, 0.25) is 0 Å². The number of benzene rings is 1. The molecule has 3 saturated heterocycles. The number of hydrogen-bond acceptors (Lipinski definition) is 10. The summed E-state index contributed by atoms with van der Waals surface area (Å²) in [6.45, 7) is 15.5. The second-order valence-corrected chi connectivity index (χ2v) is 13.2. The molecule has 0 aliphatic carbocycles. The molecule has 5 rings (SSSR count). The summed E-state index contributed by atoms with van der Waals surface area (Å²) in [5.41, 5.74) is 7.99. The standard InChI is InChI=1S/C32H49N9O3/c1-6-26-30(41-14-11-23(21-41)35-31(43)44-32(2,3)4)37-29(27(36-26)28(33)42)34-22-7-9-24(10-8-22)39-15-12-25(13-16-39)40-19-17-38(5)18-20-40/h7-10,23,25H,6,11-21H2,1-5H3,(H2,33,42)(H,34,37)(H,35,43)/t23-/m0/s1. The van der Waals surface area contributed by atoms with Crippen LogP contribution in [0.4, 0.5) is 27.8 Å². The molecule has 0 saturated carbocycles. The van der Waals surface area contributed by atoms with E-state index in [9.17, 15) is 9.59 Å². The lowest BCUT2D eigenvalue weighted by Crippen LogP contribution is -2.52. The number of hydrogen-bond donors (Lipinski definition) is 3. The number of anilines is 4. The van der Waals surface area contributed by atoms with Crippen molar-refractivity contribution in [2.24, 2.45) is 5.73 Å². The SMILES string of the molecule is CCc1nc(C(N)=O)c(Nc2ccc(N3CCC(N4CCN(C)CC4)CC3)cc2)nc1N1CC[C@H](NC(=O)OC(C)(C)C)C1. The minimum absolute atomic E-state index is 0.0808. The molecule has 1 aromatic heterocycles. The number of carbonyl (C=O) groups excluding carboxylic acids is 2. The van der Waals surface area contributed by atoms with Crippen molar-refractivity contribution >= 4 is 35.0 Å². The highest BCUT2D eigenvalue weighted by Gasteiger charge is 2.30. The first-order valence-electron chi connectivity index (χ1n) is 16.0. The third-order valence-corrected chi connectivity index (χ3v) is 8.74. The average Bonchev–Trinajstić information content (AvgIpc) is 3.45. The molecule has 3 aliphatic rings. The van der Waals surface area contributed by atoms with Gasteiger partial charge in [-0.05, 0) is 77.8 Å². The Kier molecular flexibility index (Phi) is 9.79. The van der Waals surface area contributed by atoms with Crippen LogP contribution in [0.15, 0.2) is 24.3 Å². The van der Waals surface area contributed by atoms with Gasteiger partial charge in [-0.15, -0.1) is 0 Å². The van der Waals surface area contributed by atoms with Gasteiger partial charge in [-0.1, -0.05) is 6.92 Å². The molecule has 0 bridgehead atoms. The van der Waals surface area contributed by atoms with Crippen molar-refractivity contribution in [3.05, 3.63) is 35.7 Å². The lowest BCUT2D eigenvalue weighted by atomic mass is 10.0. The van der Waals surface area contributed by atoms with Gasteiger partial charge in [0.15, 0.2) is 17.3 Å². The van der Waals surface area contributed by atoms with Crippen molar-refractivity contribution in [3.63, 3.8) is 0 Å². The second-order valence-electron chi connectivity index (χ2n) is 13.2. The number of alkyl carbamates (subject to hydrolysis) is 1. The Labute approximate surface area is 261 Å². The van der Waals surface area contributed by atoms with Crippen LogP contribution in [0.1, 0.15) is 63.1 Å². The minimum Gasteiger partial charge on any atom is -0.444 e. The predicted octanol–water partition coefficient (Wildman–Crippen LogP) is 3.20. The summed E-state index contributed by atoms with van der Waals surface area (Å²) in [5.74, 6) is 0.384. The summed E-state index contributed by atoms with van der Waals surface area (Å²) >= 11 is 0. The van der Waals surface area contributed by atoms with Crippen LogP contribution < -0.4 is 26.2 Å². The molecular weight excluding hydrogens is 558 g/mol. The number of primary amides is 1. The monoisotopic (exact) mass is 607 g/mol. The Morgan fingerprint density at radius 1 is 0.955 bits per heavy atom. The molecule has 0 spiro atoms. The number of nitrogens with one attached hydrogen (secondary N) is 2. The van der Waals surface area contributed by atoms with Crippen molar-refractivity contribution in [3.8, 4) is 0 Å². The van der Waals surface area contributed by atoms with Crippen molar-refractivity contribution in [2.45, 2.75) is 71.1 Å². The van der Waals surface area contributed by atoms with Crippen molar-refractivity contribution in [1.82, 2.24) is 25.1 Å². The van der Waals surface area contributed by atoms with Gasteiger partial charge in [0.25, 0.3) is 5.91 Å². The lowest BCUT2D eigenvalue weighted by Gasteiger charge is -2.42. The lowest BCUT2D eigenvalue weighted by molar-refractivity contribution is 0.0508. The quantitative estimate of drug-likeness (QED) is 0.411. The highest BCUT2D eigenvalue weighted by molar-refractivity contribution is 5.96. The first kappa shape index (κ1) is 31.8. The van der Waals surface area contributed by atoms with E-state index in [1.54, 1.807) is 0 Å². The Bertz CT molecular complexity index is 1300. The molecule has 2 aromatic rings. The number of likely N-dealkylation sites (N-methyl/N-ethyl adjacent to an activating group) is 1. The van der Waals surface area contributed by atoms with Crippen LogP contribution >= 0.6 is 0 Å². The van der Waals surface area contributed by atoms with E-state index >= 15 is 0 Å². The van der Waals surface area contributed by atoms with Gasteiger partial charge in [-0.2, -0.15) is 0 Å². The number of aryl methyl sites for hydroxylation is 1. The summed E-state index contributed by atoms with van der Waals surface area (Å²) in [6.07, 6.45) is 3.26. The number of carbonyl (C=O) groups is 2. The van der Waals surface area contributed by atoms with E-state index in [4.69, 9.17) is 15.5 Å². The zero-order valence-corrected chi connectivity index (χ0v) is 26.9. The number of piperazine rings is 1. The maximum atomic E-state index is 12.4. The van der Waals surface area contributed by atoms with E-state index in [-0.39, 0.29) is 11.7 Å². The maximum Gasteiger partial charge on any atom is 0.407 e. The molecule has 1 atom stereocenters. The summed E-state index contributed by atoms with van der Waals surface area (Å²) in [7, 11) is 2.20. The molecule has 2 amide bonds. The van der Waals surface area contributed by atoms with E-state index in [1.807, 2.05) is 39.8 Å². The van der Waals surface area contributed by atoms with Gasteiger partial charge in [-0.25, -0.2) is 14.8 Å². The molecule has 12 heteroatoms. The van der Waals surface area contributed by atoms with Gasteiger partial charge in [-0.3, -0.25) is 9.69 Å². The Balaban J connectivity index is 1.24. The fourth-order valence-electron chi connectivity index (χ4n) is 6.32. The molecule has 4 N–H and O–H groups in total. The van der Waals surface area contributed by atoms with Gasteiger partial charge in [0.05, 0.1) is 11.7 Å². The third kappa shape index (κ3) is 7.89. The molecule has 3 aliphatic heterocycles. The fraction of sp³-hybridized carbons (Fsp3) is 0.625. The molecular formula is C32H49N9O3. The van der Waals surface area contributed by atoms with Crippen LogP contribution in [0.3, 0.4) is 0 Å². The van der Waals surface area contributed by atoms with Crippen molar-refractivity contribution in [2.75, 3.05) is 74.5 Å². The summed E-state index contributed by atoms with van der Waals surface area (Å²) in [4.78, 5) is 43.9. The number of aromatic nitrogens is 2. The van der Waals surface area contributed by atoms with E-state index in [0.717, 1.165) is 38.3 Å². The number of rotatable bonds is 8. The third-order valence-electron chi connectivity index (χ3n) is 8.74. The van der Waals surface area contributed by atoms with E-state index in [0.29, 0.717) is 42.9 Å². The topological polar surface area (TPSA) is 132 Å². The maximum absolute atomic E-state index is 12.4. The number of nitrogens with two attached hydrogens (primary N) is 1. The highest BCUT2D eigenvalue weighted by atomic mass is 16.6. The zero-order chi connectivity index (χ0) is 31.4. The summed E-state index contributed by atoms with van der Waals surface area (Å²) in [6, 6.07) is 8.85. The van der Waals surface area contributed by atoms with E-state index in [1.165, 1.54) is 31.6 Å². The molecule has 240 valence electrons. The van der Waals surface area contributed by atoms with Crippen LogP contribution in [0.25, 0.3) is 0 Å². The number of ether oxygens (including phenoxy) is 1. The molecule has 3 fully saturated rings. The van der Waals surface area contributed by atoms with Crippen LogP contribution in [0, 0.1) is 0 Å². The minimum atomic E-state index is -0.632. The normalized spacial score (nSPS) is 20.5. The molecule has 12 nitrogen and oxygen atoms in total. The summed E-state index contributed by atoms with van der Waals surface area (Å²) in [5, 5.41) is 6.26. The largest absolute Gasteiger partial charge is 0.444 e. The highest BCUT2D eigenvalue weighted by Crippen LogP contribution is 2.29. The Morgan fingerprint density at radius 2 is 1.61 bits per heavy atom. The average molecular weight is 608 g/mol. The smallest absolute Gasteiger partial charge is 0.407 e. The molecule has 1 aromatic carbocycles. The predicted molar refractivity (Wildman–Crippen MR) is 174 cm³/mol. The Morgan fingerprint density at radius 3 is 2.23 bits per heavy atom. The Hall–Kier alpha value is -3.64. The van der Waals surface area contributed by atoms with Crippen molar-refractivity contribution in [1.29, 1.82) is 0 Å². The zero-order valence-electron chi connectivity index (χ0n) is 26.9. The summed E-state index contributed by atoms with van der Waals surface area (Å²) < 4.78 is 5.43.